The summed E-state index contributed by atoms with van der Waals surface area (Å²) in [7, 11) is 0. The summed E-state index contributed by atoms with van der Waals surface area (Å²) in [5.41, 5.74) is -0.259. The Hall–Kier alpha value is -1.89. The maximum atomic E-state index is 11.5. The molecule has 0 radical (unpaired) electrons. The van der Waals surface area contributed by atoms with Crippen molar-refractivity contribution in [3.63, 3.8) is 0 Å². The van der Waals surface area contributed by atoms with Gasteiger partial charge in [0.15, 0.2) is 5.82 Å². The zero-order valence-corrected chi connectivity index (χ0v) is 12.2. The number of rotatable bonds is 4. The molecule has 1 atom stereocenters. The summed E-state index contributed by atoms with van der Waals surface area (Å²) >= 11 is 0. The molecule has 7 heteroatoms. The van der Waals surface area contributed by atoms with E-state index >= 15 is 0 Å². The molecule has 20 heavy (non-hydrogen) atoms. The molecule has 3 N–H and O–H groups in total. The van der Waals surface area contributed by atoms with Gasteiger partial charge in [-0.1, -0.05) is 25.9 Å². The molecule has 1 rings (SSSR count). The van der Waals surface area contributed by atoms with Gasteiger partial charge in [-0.3, -0.25) is 14.9 Å². The number of aliphatic hydroxyl groups excluding tert-OH is 1. The average molecular weight is 283 g/mol. The molecule has 0 bridgehead atoms. The largest absolute Gasteiger partial charge is 0.393 e. The Kier molecular flexibility index (Phi) is 5.26. The molecule has 0 aliphatic carbocycles. The fraction of sp³-hybridized carbons (Fsp3) is 0.615. The van der Waals surface area contributed by atoms with E-state index in [9.17, 15) is 14.7 Å². The molecule has 112 valence electrons. The van der Waals surface area contributed by atoms with Gasteiger partial charge >= 0.3 is 11.8 Å². The minimum absolute atomic E-state index is 0.192. The highest BCUT2D eigenvalue weighted by Crippen LogP contribution is 2.20. The van der Waals surface area contributed by atoms with Gasteiger partial charge in [-0.25, -0.2) is 0 Å². The summed E-state index contributed by atoms with van der Waals surface area (Å²) in [6.07, 6.45) is -0.171. The minimum atomic E-state index is -0.816. The van der Waals surface area contributed by atoms with E-state index in [1.54, 1.807) is 6.92 Å². The molecule has 1 aromatic rings. The van der Waals surface area contributed by atoms with Crippen molar-refractivity contribution >= 4 is 17.6 Å². The Morgan fingerprint density at radius 3 is 2.55 bits per heavy atom. The van der Waals surface area contributed by atoms with Crippen LogP contribution in [0, 0.1) is 12.3 Å². The Morgan fingerprint density at radius 1 is 1.40 bits per heavy atom. The molecular weight excluding hydrogens is 262 g/mol. The lowest BCUT2D eigenvalue weighted by atomic mass is 9.87. The Morgan fingerprint density at radius 2 is 2.05 bits per heavy atom. The van der Waals surface area contributed by atoms with Crippen LogP contribution in [0.3, 0.4) is 0 Å². The van der Waals surface area contributed by atoms with Crippen LogP contribution in [0.15, 0.2) is 10.6 Å². The van der Waals surface area contributed by atoms with E-state index in [2.05, 4.69) is 15.8 Å². The van der Waals surface area contributed by atoms with Gasteiger partial charge in [-0.15, -0.1) is 0 Å². The third kappa shape index (κ3) is 5.00. The van der Waals surface area contributed by atoms with E-state index in [-0.39, 0.29) is 17.8 Å². The van der Waals surface area contributed by atoms with E-state index in [0.29, 0.717) is 12.2 Å². The molecule has 2 amide bonds. The van der Waals surface area contributed by atoms with E-state index in [4.69, 9.17) is 4.52 Å². The van der Waals surface area contributed by atoms with Gasteiger partial charge in [-0.2, -0.15) is 0 Å². The fourth-order valence-corrected chi connectivity index (χ4v) is 1.43. The van der Waals surface area contributed by atoms with Crippen LogP contribution in [-0.4, -0.2) is 34.7 Å². The smallest absolute Gasteiger partial charge is 0.314 e. The normalized spacial score (nSPS) is 12.8. The lowest BCUT2D eigenvalue weighted by Gasteiger charge is -2.25. The Balaban J connectivity index is 2.34. The second kappa shape index (κ2) is 6.51. The molecule has 7 nitrogen and oxygen atoms in total. The van der Waals surface area contributed by atoms with E-state index in [1.165, 1.54) is 6.07 Å². The molecule has 0 spiro atoms. The highest BCUT2D eigenvalue weighted by atomic mass is 16.5. The zero-order chi connectivity index (χ0) is 15.3. The highest BCUT2D eigenvalue weighted by Gasteiger charge is 2.22. The van der Waals surface area contributed by atoms with Crippen molar-refractivity contribution in [2.75, 3.05) is 11.9 Å². The number of anilines is 1. The summed E-state index contributed by atoms with van der Waals surface area (Å²) in [5.74, 6) is -0.860. The lowest BCUT2D eigenvalue weighted by Crippen LogP contribution is -2.38. The molecule has 0 saturated carbocycles. The van der Waals surface area contributed by atoms with Crippen LogP contribution in [0.5, 0.6) is 0 Å². The van der Waals surface area contributed by atoms with Crippen molar-refractivity contribution < 1.29 is 19.2 Å². The quantitative estimate of drug-likeness (QED) is 0.710. The van der Waals surface area contributed by atoms with E-state index in [1.807, 2.05) is 20.8 Å². The summed E-state index contributed by atoms with van der Waals surface area (Å²) < 4.78 is 4.77. The van der Waals surface area contributed by atoms with Gasteiger partial charge in [-0.05, 0) is 18.8 Å². The van der Waals surface area contributed by atoms with Gasteiger partial charge in [0.25, 0.3) is 0 Å². The number of aliphatic hydroxyl groups is 1. The number of amides is 2. The second-order valence-electron chi connectivity index (χ2n) is 5.70. The summed E-state index contributed by atoms with van der Waals surface area (Å²) in [6, 6.07) is 1.51. The molecule has 1 heterocycles. The number of nitrogens with one attached hydrogen (secondary N) is 2. The molecule has 0 aliphatic rings. The maximum Gasteiger partial charge on any atom is 0.314 e. The van der Waals surface area contributed by atoms with Crippen molar-refractivity contribution in [2.45, 2.75) is 40.2 Å². The summed E-state index contributed by atoms with van der Waals surface area (Å²) in [5, 5.41) is 18.1. The standard InChI is InChI=1S/C13H21N3O4/c1-8-7-10(16-20-8)15-12(19)11(18)14-6-5-9(17)13(2,3)4/h7,9,17H,5-6H2,1-4H3,(H,14,18)(H,15,16,19)/t9-/m0/s1. The third-order valence-electron chi connectivity index (χ3n) is 2.78. The summed E-state index contributed by atoms with van der Waals surface area (Å²) in [4.78, 5) is 23.0. The van der Waals surface area contributed by atoms with Crippen LogP contribution in [-0.2, 0) is 9.59 Å². The number of carbonyl (C=O) groups excluding carboxylic acids is 2. The molecule has 0 fully saturated rings. The predicted octanol–water partition coefficient (Wildman–Crippen LogP) is 0.835. The van der Waals surface area contributed by atoms with Gasteiger partial charge in [0.1, 0.15) is 5.76 Å². The molecule has 0 unspecified atom stereocenters. The molecule has 0 aromatic carbocycles. The Bertz CT molecular complexity index is 476. The van der Waals surface area contributed by atoms with Crippen LogP contribution < -0.4 is 10.6 Å². The van der Waals surface area contributed by atoms with Crippen molar-refractivity contribution in [3.05, 3.63) is 11.8 Å². The topological polar surface area (TPSA) is 104 Å². The predicted molar refractivity (Wildman–Crippen MR) is 73.0 cm³/mol. The maximum absolute atomic E-state index is 11.5. The van der Waals surface area contributed by atoms with Crippen LogP contribution >= 0.6 is 0 Å². The first-order valence-electron chi connectivity index (χ1n) is 6.40. The monoisotopic (exact) mass is 283 g/mol. The van der Waals surface area contributed by atoms with E-state index < -0.39 is 17.9 Å². The number of aryl methyl sites for hydroxylation is 1. The van der Waals surface area contributed by atoms with Crippen LogP contribution in [0.1, 0.15) is 33.0 Å². The number of carbonyl (C=O) groups is 2. The lowest BCUT2D eigenvalue weighted by molar-refractivity contribution is -0.136. The van der Waals surface area contributed by atoms with E-state index in [0.717, 1.165) is 0 Å². The SMILES string of the molecule is Cc1cc(NC(=O)C(=O)NCC[C@H](O)C(C)(C)C)no1. The molecule has 0 aliphatic heterocycles. The number of hydrogen-bond donors (Lipinski definition) is 3. The first kappa shape index (κ1) is 16.2. The van der Waals surface area contributed by atoms with Gasteiger partial charge in [0, 0.05) is 12.6 Å². The van der Waals surface area contributed by atoms with Crippen LogP contribution in [0.4, 0.5) is 5.82 Å². The van der Waals surface area contributed by atoms with Crippen molar-refractivity contribution in [3.8, 4) is 0 Å². The van der Waals surface area contributed by atoms with Crippen molar-refractivity contribution in [2.24, 2.45) is 5.41 Å². The minimum Gasteiger partial charge on any atom is -0.393 e. The third-order valence-corrected chi connectivity index (χ3v) is 2.78. The summed E-state index contributed by atoms with van der Waals surface area (Å²) in [6.45, 7) is 7.61. The number of hydrogen-bond acceptors (Lipinski definition) is 5. The van der Waals surface area contributed by atoms with Crippen molar-refractivity contribution in [1.29, 1.82) is 0 Å². The van der Waals surface area contributed by atoms with Crippen molar-refractivity contribution in [1.82, 2.24) is 10.5 Å². The highest BCUT2D eigenvalue weighted by molar-refractivity contribution is 6.39. The molecule has 0 saturated heterocycles. The van der Waals surface area contributed by atoms with Gasteiger partial charge in [0.2, 0.25) is 0 Å². The zero-order valence-electron chi connectivity index (χ0n) is 12.2. The Labute approximate surface area is 117 Å². The second-order valence-corrected chi connectivity index (χ2v) is 5.70. The van der Waals surface area contributed by atoms with Crippen LogP contribution in [0.2, 0.25) is 0 Å². The fourth-order valence-electron chi connectivity index (χ4n) is 1.43. The number of aromatic nitrogens is 1. The number of nitrogens with zero attached hydrogens (tertiary/aromatic N) is 1. The van der Waals surface area contributed by atoms with Crippen LogP contribution in [0.25, 0.3) is 0 Å². The first-order valence-corrected chi connectivity index (χ1v) is 6.40. The van der Waals surface area contributed by atoms with Gasteiger partial charge in [0.05, 0.1) is 6.10 Å². The van der Waals surface area contributed by atoms with Gasteiger partial charge < -0.3 is 14.9 Å². The first-order chi connectivity index (χ1) is 9.20. The molecular formula is C13H21N3O4. The average Bonchev–Trinajstić information content (AvgIpc) is 2.73. The molecule has 1 aromatic heterocycles.